The molecular weight excluding hydrogens is 276 g/mol. The molecule has 0 bridgehead atoms. The van der Waals surface area contributed by atoms with Crippen LogP contribution in [-0.2, 0) is 6.42 Å². The highest BCUT2D eigenvalue weighted by molar-refractivity contribution is 5.71. The predicted octanol–water partition coefficient (Wildman–Crippen LogP) is 3.18. The van der Waals surface area contributed by atoms with Crippen molar-refractivity contribution in [3.8, 4) is 0 Å². The molecule has 3 aromatic heterocycles. The number of fused-ring (bicyclic) bond motifs is 1. The summed E-state index contributed by atoms with van der Waals surface area (Å²) in [4.78, 5) is 4.60. The summed E-state index contributed by atoms with van der Waals surface area (Å²) in [6, 6.07) is 5.86. The van der Waals surface area contributed by atoms with Gasteiger partial charge in [-0.15, -0.1) is 0 Å². The van der Waals surface area contributed by atoms with Gasteiger partial charge in [-0.2, -0.15) is 10.2 Å². The minimum Gasteiger partial charge on any atom is -0.322 e. The Morgan fingerprint density at radius 1 is 1.36 bits per heavy atom. The molecule has 3 aromatic rings. The molecule has 0 aliphatic carbocycles. The molecular formula is C16H18N6. The summed E-state index contributed by atoms with van der Waals surface area (Å²) in [7, 11) is 0. The third kappa shape index (κ3) is 3.06. The molecule has 6 heteroatoms. The molecule has 0 aromatic carbocycles. The number of nitrogens with zero attached hydrogens (tertiary/aromatic N) is 4. The average Bonchev–Trinajstić information content (AvgIpc) is 3.13. The Labute approximate surface area is 128 Å². The number of hydrogen-bond donors (Lipinski definition) is 2. The van der Waals surface area contributed by atoms with Crippen molar-refractivity contribution in [3.63, 3.8) is 0 Å². The van der Waals surface area contributed by atoms with E-state index in [9.17, 15) is 0 Å². The lowest BCUT2D eigenvalue weighted by atomic mass is 10.3. The van der Waals surface area contributed by atoms with E-state index >= 15 is 0 Å². The molecule has 0 aliphatic rings. The maximum atomic E-state index is 4.60. The monoisotopic (exact) mass is 294 g/mol. The molecule has 0 amide bonds. The smallest absolute Gasteiger partial charge is 0.159 e. The summed E-state index contributed by atoms with van der Waals surface area (Å²) in [6.07, 6.45) is 10.6. The van der Waals surface area contributed by atoms with Crippen LogP contribution >= 0.6 is 0 Å². The maximum absolute atomic E-state index is 4.60. The first-order chi connectivity index (χ1) is 10.8. The fourth-order valence-corrected chi connectivity index (χ4v) is 2.13. The van der Waals surface area contributed by atoms with Gasteiger partial charge in [0.25, 0.3) is 0 Å². The second-order valence-corrected chi connectivity index (χ2v) is 4.93. The second kappa shape index (κ2) is 6.26. The Bertz CT molecular complexity index is 824. The fourth-order valence-electron chi connectivity index (χ4n) is 2.13. The molecule has 0 saturated carbocycles. The average molecular weight is 294 g/mol. The normalized spacial score (nSPS) is 11.9. The maximum Gasteiger partial charge on any atom is 0.159 e. The van der Waals surface area contributed by atoms with E-state index in [-0.39, 0.29) is 0 Å². The first kappa shape index (κ1) is 14.1. The lowest BCUT2D eigenvalue weighted by Gasteiger charge is -2.06. The Morgan fingerprint density at radius 2 is 2.27 bits per heavy atom. The molecule has 112 valence electrons. The van der Waals surface area contributed by atoms with Crippen molar-refractivity contribution in [1.29, 1.82) is 0 Å². The molecule has 2 N–H and O–H groups in total. The van der Waals surface area contributed by atoms with E-state index in [1.807, 2.05) is 67.1 Å². The highest BCUT2D eigenvalue weighted by atomic mass is 15.3. The lowest BCUT2D eigenvalue weighted by Crippen LogP contribution is -2.05. The van der Waals surface area contributed by atoms with Crippen LogP contribution < -0.4 is 5.32 Å². The quantitative estimate of drug-likeness (QED) is 0.709. The summed E-state index contributed by atoms with van der Waals surface area (Å²) >= 11 is 0. The van der Waals surface area contributed by atoms with Gasteiger partial charge in [0.1, 0.15) is 5.52 Å². The number of hydrogen-bond acceptors (Lipinski definition) is 4. The lowest BCUT2D eigenvalue weighted by molar-refractivity contribution is 0.835. The zero-order valence-electron chi connectivity index (χ0n) is 12.6. The Balaban J connectivity index is 1.91. The van der Waals surface area contributed by atoms with Crippen LogP contribution in [0.5, 0.6) is 0 Å². The zero-order chi connectivity index (χ0) is 15.4. The van der Waals surface area contributed by atoms with Crippen LogP contribution in [0.1, 0.15) is 18.4 Å². The molecule has 0 fully saturated rings. The van der Waals surface area contributed by atoms with Crippen molar-refractivity contribution in [2.24, 2.45) is 0 Å². The molecule has 22 heavy (non-hydrogen) atoms. The number of aromatic nitrogens is 5. The summed E-state index contributed by atoms with van der Waals surface area (Å²) < 4.78 is 1.83. The van der Waals surface area contributed by atoms with Crippen molar-refractivity contribution < 1.29 is 0 Å². The highest BCUT2D eigenvalue weighted by Crippen LogP contribution is 2.19. The van der Waals surface area contributed by atoms with E-state index in [0.29, 0.717) is 6.42 Å². The minimum atomic E-state index is 0.673. The first-order valence-electron chi connectivity index (χ1n) is 7.17. The number of allylic oxidation sites excluding steroid dienone is 4. The second-order valence-electron chi connectivity index (χ2n) is 4.93. The SMILES string of the molecule is C/C=C\C=C/Cc1nc(Nc2cc(C)[nH]n2)c2cccn2n1. The number of aromatic amines is 1. The van der Waals surface area contributed by atoms with E-state index in [4.69, 9.17) is 0 Å². The number of aryl methyl sites for hydroxylation is 1. The highest BCUT2D eigenvalue weighted by Gasteiger charge is 2.08. The summed E-state index contributed by atoms with van der Waals surface area (Å²) in [6.45, 7) is 3.95. The molecule has 3 rings (SSSR count). The third-order valence-electron chi connectivity index (χ3n) is 3.13. The van der Waals surface area contributed by atoms with Gasteiger partial charge in [0, 0.05) is 24.4 Å². The standard InChI is InChI=1S/C16H18N6/c1-3-4-5-6-9-14-17-16(13-8-7-10-22(13)21-14)18-15-11-12(2)19-20-15/h3-8,10-11H,9H2,1-2H3,(H2,17,18,19,20,21)/b4-3-,6-5-. The van der Waals surface area contributed by atoms with Gasteiger partial charge in [-0.05, 0) is 26.0 Å². The molecule has 6 nitrogen and oxygen atoms in total. The molecule has 0 unspecified atom stereocenters. The van der Waals surface area contributed by atoms with Crippen molar-refractivity contribution in [2.45, 2.75) is 20.3 Å². The van der Waals surface area contributed by atoms with Crippen LogP contribution in [0, 0.1) is 6.92 Å². The van der Waals surface area contributed by atoms with Crippen LogP contribution in [0.2, 0.25) is 0 Å². The molecule has 3 heterocycles. The minimum absolute atomic E-state index is 0.673. The largest absolute Gasteiger partial charge is 0.322 e. The number of rotatable bonds is 5. The van der Waals surface area contributed by atoms with Gasteiger partial charge in [0.2, 0.25) is 0 Å². The van der Waals surface area contributed by atoms with E-state index in [1.54, 1.807) is 0 Å². The van der Waals surface area contributed by atoms with Crippen molar-refractivity contribution >= 4 is 17.2 Å². The Morgan fingerprint density at radius 3 is 3.05 bits per heavy atom. The third-order valence-corrected chi connectivity index (χ3v) is 3.13. The molecule has 0 saturated heterocycles. The van der Waals surface area contributed by atoms with Crippen molar-refractivity contribution in [1.82, 2.24) is 24.8 Å². The fraction of sp³-hybridized carbons (Fsp3) is 0.188. The Kier molecular flexibility index (Phi) is 4.00. The van der Waals surface area contributed by atoms with Gasteiger partial charge in [-0.25, -0.2) is 9.50 Å². The van der Waals surface area contributed by atoms with Crippen LogP contribution in [0.25, 0.3) is 5.52 Å². The van der Waals surface area contributed by atoms with Gasteiger partial charge >= 0.3 is 0 Å². The van der Waals surface area contributed by atoms with E-state index in [1.165, 1.54) is 0 Å². The van der Waals surface area contributed by atoms with Crippen LogP contribution in [0.4, 0.5) is 11.6 Å². The van der Waals surface area contributed by atoms with Crippen molar-refractivity contribution in [3.05, 3.63) is 60.2 Å². The number of nitrogens with one attached hydrogen (secondary N) is 2. The van der Waals surface area contributed by atoms with E-state index < -0.39 is 0 Å². The van der Waals surface area contributed by atoms with E-state index in [2.05, 4.69) is 25.6 Å². The molecule has 0 atom stereocenters. The number of H-pyrrole nitrogens is 1. The predicted molar refractivity (Wildman–Crippen MR) is 87.3 cm³/mol. The van der Waals surface area contributed by atoms with Gasteiger partial charge in [0.15, 0.2) is 17.5 Å². The Hall–Kier alpha value is -2.89. The van der Waals surface area contributed by atoms with Crippen molar-refractivity contribution in [2.75, 3.05) is 5.32 Å². The molecule has 0 aliphatic heterocycles. The van der Waals surface area contributed by atoms with Crippen LogP contribution in [0.3, 0.4) is 0 Å². The van der Waals surface area contributed by atoms with Gasteiger partial charge in [0.05, 0.1) is 0 Å². The topological polar surface area (TPSA) is 70.9 Å². The summed E-state index contributed by atoms with van der Waals surface area (Å²) in [5.41, 5.74) is 1.92. The van der Waals surface area contributed by atoms with E-state index in [0.717, 1.165) is 28.7 Å². The van der Waals surface area contributed by atoms with Gasteiger partial charge in [-0.3, -0.25) is 5.10 Å². The first-order valence-corrected chi connectivity index (χ1v) is 7.17. The summed E-state index contributed by atoms with van der Waals surface area (Å²) in [5.74, 6) is 2.25. The zero-order valence-corrected chi connectivity index (χ0v) is 12.6. The van der Waals surface area contributed by atoms with Gasteiger partial charge in [-0.1, -0.05) is 24.3 Å². The number of anilines is 2. The van der Waals surface area contributed by atoms with Crippen LogP contribution in [0.15, 0.2) is 48.7 Å². The summed E-state index contributed by atoms with van der Waals surface area (Å²) in [5, 5.41) is 14.8. The van der Waals surface area contributed by atoms with Crippen LogP contribution in [-0.4, -0.2) is 24.8 Å². The van der Waals surface area contributed by atoms with Gasteiger partial charge < -0.3 is 5.32 Å². The molecule has 0 spiro atoms. The molecule has 0 radical (unpaired) electrons.